The number of fused-ring (bicyclic) bond motifs is 2. The summed E-state index contributed by atoms with van der Waals surface area (Å²) in [6.45, 7) is 5.56. The molecule has 1 aromatic rings. The molecule has 7 heteroatoms. The Morgan fingerprint density at radius 2 is 1.71 bits per heavy atom. The van der Waals surface area contributed by atoms with Gasteiger partial charge in [-0.15, -0.1) is 0 Å². The molecule has 2 amide bonds. The average molecular weight is 395 g/mol. The highest BCUT2D eigenvalue weighted by molar-refractivity contribution is 9.10. The van der Waals surface area contributed by atoms with E-state index < -0.39 is 28.2 Å². The summed E-state index contributed by atoms with van der Waals surface area (Å²) in [5.74, 6) is -1.28. The van der Waals surface area contributed by atoms with Crippen LogP contribution in [0.15, 0.2) is 28.7 Å². The summed E-state index contributed by atoms with van der Waals surface area (Å²) in [7, 11) is 0. The topological polar surface area (TPSA) is 84.5 Å². The van der Waals surface area contributed by atoms with Gasteiger partial charge in [0.05, 0.1) is 5.41 Å². The highest BCUT2D eigenvalue weighted by Crippen LogP contribution is 2.65. The fourth-order valence-corrected chi connectivity index (χ4v) is 3.90. The van der Waals surface area contributed by atoms with Crippen molar-refractivity contribution in [2.24, 2.45) is 10.8 Å². The fourth-order valence-electron chi connectivity index (χ4n) is 3.64. The van der Waals surface area contributed by atoms with Gasteiger partial charge in [-0.3, -0.25) is 25.2 Å². The zero-order valence-electron chi connectivity index (χ0n) is 13.7. The van der Waals surface area contributed by atoms with Crippen LogP contribution in [0.5, 0.6) is 0 Å². The van der Waals surface area contributed by atoms with E-state index in [9.17, 15) is 14.4 Å². The third-order valence-electron chi connectivity index (χ3n) is 5.85. The van der Waals surface area contributed by atoms with Crippen molar-refractivity contribution in [3.8, 4) is 0 Å². The van der Waals surface area contributed by atoms with Gasteiger partial charge in [-0.05, 0) is 44.0 Å². The predicted molar refractivity (Wildman–Crippen MR) is 89.7 cm³/mol. The first kappa shape index (κ1) is 17.0. The van der Waals surface area contributed by atoms with Crippen LogP contribution in [0.4, 0.5) is 0 Å². The number of amides is 2. The van der Waals surface area contributed by atoms with Crippen LogP contribution < -0.4 is 10.9 Å². The molecular weight excluding hydrogens is 376 g/mol. The monoisotopic (exact) mass is 394 g/mol. The standard InChI is InChI=1S/C17H19BrN2O4/c1-15(2)16(3)8-9-17(15,24-14(16)23)13(22)20-19-12(21)10-4-6-11(18)7-5-10/h4-7H,8-9H2,1-3H3,(H,19,21)(H,20,22)/t16-,17-/m1/s1. The van der Waals surface area contributed by atoms with Crippen molar-refractivity contribution in [2.75, 3.05) is 0 Å². The van der Waals surface area contributed by atoms with E-state index in [-0.39, 0.29) is 5.97 Å². The first-order chi connectivity index (χ1) is 11.1. The van der Waals surface area contributed by atoms with Gasteiger partial charge in [-0.1, -0.05) is 29.8 Å². The molecule has 2 aliphatic rings. The molecule has 2 N–H and O–H groups in total. The van der Waals surface area contributed by atoms with Gasteiger partial charge in [0.2, 0.25) is 0 Å². The van der Waals surface area contributed by atoms with Crippen molar-refractivity contribution < 1.29 is 19.1 Å². The molecule has 1 aliphatic heterocycles. The molecular formula is C17H19BrN2O4. The van der Waals surface area contributed by atoms with Crippen LogP contribution >= 0.6 is 15.9 Å². The molecule has 0 radical (unpaired) electrons. The number of halogens is 1. The smallest absolute Gasteiger partial charge is 0.313 e. The summed E-state index contributed by atoms with van der Waals surface area (Å²) in [5.41, 5.74) is 2.65. The zero-order chi connectivity index (χ0) is 17.8. The molecule has 1 heterocycles. The van der Waals surface area contributed by atoms with Crippen molar-refractivity contribution in [3.63, 3.8) is 0 Å². The van der Waals surface area contributed by atoms with Crippen molar-refractivity contribution >= 4 is 33.7 Å². The molecule has 1 aromatic carbocycles. The third kappa shape index (κ3) is 2.10. The van der Waals surface area contributed by atoms with Crippen molar-refractivity contribution in [2.45, 2.75) is 39.2 Å². The Morgan fingerprint density at radius 1 is 1.08 bits per heavy atom. The minimum atomic E-state index is -1.24. The maximum Gasteiger partial charge on any atom is 0.313 e. The average Bonchev–Trinajstić information content (AvgIpc) is 2.83. The lowest BCUT2D eigenvalue weighted by Crippen LogP contribution is -2.57. The first-order valence-electron chi connectivity index (χ1n) is 7.74. The van der Waals surface area contributed by atoms with Gasteiger partial charge in [0.1, 0.15) is 0 Å². The number of benzene rings is 1. The lowest BCUT2D eigenvalue weighted by molar-refractivity contribution is -0.168. The van der Waals surface area contributed by atoms with Crippen LogP contribution in [0.3, 0.4) is 0 Å². The quantitative estimate of drug-likeness (QED) is 0.595. The molecule has 0 unspecified atom stereocenters. The van der Waals surface area contributed by atoms with E-state index in [1.54, 1.807) is 24.3 Å². The van der Waals surface area contributed by atoms with Crippen LogP contribution in [-0.4, -0.2) is 23.4 Å². The van der Waals surface area contributed by atoms with Gasteiger partial charge in [0.25, 0.3) is 11.8 Å². The van der Waals surface area contributed by atoms with E-state index in [0.29, 0.717) is 18.4 Å². The minimum Gasteiger partial charge on any atom is -0.448 e. The third-order valence-corrected chi connectivity index (χ3v) is 6.37. The molecule has 0 aromatic heterocycles. The number of hydrazine groups is 1. The van der Waals surface area contributed by atoms with Crippen molar-refractivity contribution in [3.05, 3.63) is 34.3 Å². The Kier molecular flexibility index (Phi) is 3.75. The van der Waals surface area contributed by atoms with Gasteiger partial charge in [0, 0.05) is 15.5 Å². The maximum atomic E-state index is 12.7. The van der Waals surface area contributed by atoms with Crippen LogP contribution in [0.25, 0.3) is 0 Å². The van der Waals surface area contributed by atoms with Gasteiger partial charge in [0.15, 0.2) is 5.60 Å². The number of hydrogen-bond donors (Lipinski definition) is 2. The number of esters is 1. The normalized spacial score (nSPS) is 29.9. The van der Waals surface area contributed by atoms with E-state index >= 15 is 0 Å². The molecule has 0 spiro atoms. The van der Waals surface area contributed by atoms with Crippen LogP contribution in [0.2, 0.25) is 0 Å². The summed E-state index contributed by atoms with van der Waals surface area (Å²) in [6, 6.07) is 6.74. The van der Waals surface area contributed by atoms with Gasteiger partial charge in [-0.25, -0.2) is 0 Å². The van der Waals surface area contributed by atoms with Crippen LogP contribution in [0.1, 0.15) is 44.0 Å². The number of nitrogens with one attached hydrogen (secondary N) is 2. The van der Waals surface area contributed by atoms with Crippen molar-refractivity contribution in [1.82, 2.24) is 10.9 Å². The first-order valence-corrected chi connectivity index (χ1v) is 8.53. The summed E-state index contributed by atoms with van der Waals surface area (Å²) in [4.78, 5) is 37.0. The molecule has 128 valence electrons. The van der Waals surface area contributed by atoms with Gasteiger partial charge >= 0.3 is 5.97 Å². The van der Waals surface area contributed by atoms with Gasteiger partial charge < -0.3 is 4.74 Å². The molecule has 1 saturated heterocycles. The van der Waals surface area contributed by atoms with E-state index in [1.165, 1.54) is 0 Å². The summed E-state index contributed by atoms with van der Waals surface area (Å²) >= 11 is 3.30. The van der Waals surface area contributed by atoms with Crippen LogP contribution in [-0.2, 0) is 14.3 Å². The Hall–Kier alpha value is -1.89. The van der Waals surface area contributed by atoms with Crippen molar-refractivity contribution in [1.29, 1.82) is 0 Å². The number of ether oxygens (including phenoxy) is 1. The lowest BCUT2D eigenvalue weighted by atomic mass is 9.66. The van der Waals surface area contributed by atoms with E-state index in [1.807, 2.05) is 20.8 Å². The maximum absolute atomic E-state index is 12.7. The highest BCUT2D eigenvalue weighted by Gasteiger charge is 2.75. The lowest BCUT2D eigenvalue weighted by Gasteiger charge is -2.35. The fraction of sp³-hybridized carbons (Fsp3) is 0.471. The van der Waals surface area contributed by atoms with E-state index in [4.69, 9.17) is 4.74 Å². The molecule has 2 fully saturated rings. The number of rotatable bonds is 2. The summed E-state index contributed by atoms with van der Waals surface area (Å²) in [5, 5.41) is 0. The molecule has 1 aliphatic carbocycles. The Balaban J connectivity index is 1.73. The summed E-state index contributed by atoms with van der Waals surface area (Å²) < 4.78 is 6.33. The Labute approximate surface area is 148 Å². The molecule has 1 saturated carbocycles. The second kappa shape index (κ2) is 5.31. The largest absolute Gasteiger partial charge is 0.448 e. The van der Waals surface area contributed by atoms with Crippen LogP contribution in [0, 0.1) is 10.8 Å². The minimum absolute atomic E-state index is 0.354. The second-order valence-corrected chi connectivity index (χ2v) is 8.00. The molecule has 6 nitrogen and oxygen atoms in total. The SMILES string of the molecule is CC1(C)[C@]2(C)CC[C@]1(C(=O)NNC(=O)c1ccc(Br)cc1)OC2=O. The molecule has 2 bridgehead atoms. The zero-order valence-corrected chi connectivity index (χ0v) is 15.3. The Morgan fingerprint density at radius 3 is 2.21 bits per heavy atom. The number of carbonyl (C=O) groups is 3. The molecule has 2 atom stereocenters. The number of hydrogen-bond acceptors (Lipinski definition) is 4. The van der Waals surface area contributed by atoms with E-state index in [0.717, 1.165) is 4.47 Å². The second-order valence-electron chi connectivity index (χ2n) is 7.09. The Bertz CT molecular complexity index is 731. The number of carbonyl (C=O) groups excluding carboxylic acids is 3. The molecule has 3 rings (SSSR count). The van der Waals surface area contributed by atoms with Gasteiger partial charge in [-0.2, -0.15) is 0 Å². The molecule has 24 heavy (non-hydrogen) atoms. The highest BCUT2D eigenvalue weighted by atomic mass is 79.9. The predicted octanol–water partition coefficient (Wildman–Crippen LogP) is 2.33. The van der Waals surface area contributed by atoms with E-state index in [2.05, 4.69) is 26.8 Å². The summed E-state index contributed by atoms with van der Waals surface area (Å²) in [6.07, 6.45) is 1.04.